The van der Waals surface area contributed by atoms with Gasteiger partial charge in [0, 0.05) is 69.8 Å². The molecule has 3 heterocycles. The highest BCUT2D eigenvalue weighted by Gasteiger charge is 2.42. The minimum atomic E-state index is -0.00483. The number of carbonyl (C=O) groups is 2. The summed E-state index contributed by atoms with van der Waals surface area (Å²) in [6, 6.07) is 0. The molecule has 1 aromatic heterocycles. The lowest BCUT2D eigenvalue weighted by molar-refractivity contribution is -0.143. The van der Waals surface area contributed by atoms with Crippen molar-refractivity contribution in [3.05, 3.63) is 18.2 Å². The number of aliphatic hydroxyl groups is 1. The molecule has 2 fully saturated rings. The summed E-state index contributed by atoms with van der Waals surface area (Å²) in [7, 11) is 0. The number of piperidine rings is 2. The molecule has 0 aliphatic carbocycles. The third-order valence-corrected chi connectivity index (χ3v) is 5.82. The Labute approximate surface area is 155 Å². The average Bonchev–Trinajstić information content (AvgIpc) is 3.11. The molecule has 26 heavy (non-hydrogen) atoms. The number of hydrogen-bond acceptors (Lipinski definition) is 4. The van der Waals surface area contributed by atoms with Crippen molar-refractivity contribution in [2.45, 2.75) is 52.0 Å². The van der Waals surface area contributed by atoms with Gasteiger partial charge < -0.3 is 19.5 Å². The fraction of sp³-hybridized carbons (Fsp3) is 0.737. The minimum Gasteiger partial charge on any atom is -0.395 e. The van der Waals surface area contributed by atoms with Gasteiger partial charge in [-0.2, -0.15) is 0 Å². The first kappa shape index (κ1) is 18.9. The monoisotopic (exact) mass is 362 g/mol. The predicted molar refractivity (Wildman–Crippen MR) is 97.4 cm³/mol. The molecule has 3 rings (SSSR count). The maximum Gasteiger partial charge on any atom is 0.224 e. The number of amides is 2. The SMILES string of the molecule is CCc1nccn1CCC(=O)N1CCC[C@@]2(CCC(=O)N(CCO)C2)C1. The minimum absolute atomic E-state index is 0.000570. The van der Waals surface area contributed by atoms with E-state index in [9.17, 15) is 14.7 Å². The Balaban J connectivity index is 1.59. The van der Waals surface area contributed by atoms with Crippen LogP contribution in [-0.2, 0) is 22.6 Å². The Kier molecular flexibility index (Phi) is 5.96. The average molecular weight is 362 g/mol. The Morgan fingerprint density at radius 2 is 2.15 bits per heavy atom. The van der Waals surface area contributed by atoms with Crippen molar-refractivity contribution >= 4 is 11.8 Å². The van der Waals surface area contributed by atoms with E-state index in [1.54, 1.807) is 11.1 Å². The Morgan fingerprint density at radius 1 is 1.31 bits per heavy atom. The number of nitrogens with zero attached hydrogens (tertiary/aromatic N) is 4. The molecule has 1 spiro atoms. The predicted octanol–water partition coefficient (Wildman–Crippen LogP) is 1.06. The van der Waals surface area contributed by atoms with Crippen molar-refractivity contribution < 1.29 is 14.7 Å². The molecular formula is C19H30N4O3. The van der Waals surface area contributed by atoms with Crippen molar-refractivity contribution in [3.63, 3.8) is 0 Å². The van der Waals surface area contributed by atoms with Crippen LogP contribution in [0.2, 0.25) is 0 Å². The third-order valence-electron chi connectivity index (χ3n) is 5.82. The van der Waals surface area contributed by atoms with Gasteiger partial charge in [-0.1, -0.05) is 6.92 Å². The van der Waals surface area contributed by atoms with Gasteiger partial charge >= 0.3 is 0 Å². The molecular weight excluding hydrogens is 332 g/mol. The summed E-state index contributed by atoms with van der Waals surface area (Å²) < 4.78 is 2.06. The maximum absolute atomic E-state index is 12.8. The van der Waals surface area contributed by atoms with Crippen LogP contribution in [0.5, 0.6) is 0 Å². The highest BCUT2D eigenvalue weighted by molar-refractivity contribution is 5.78. The van der Waals surface area contributed by atoms with Crippen LogP contribution in [0.1, 0.15) is 44.9 Å². The molecule has 2 aliphatic heterocycles. The topological polar surface area (TPSA) is 78.7 Å². The van der Waals surface area contributed by atoms with Crippen LogP contribution in [-0.4, -0.2) is 69.1 Å². The summed E-state index contributed by atoms with van der Waals surface area (Å²) in [4.78, 5) is 32.9. The molecule has 7 nitrogen and oxygen atoms in total. The first-order valence-electron chi connectivity index (χ1n) is 9.73. The van der Waals surface area contributed by atoms with Crippen LogP contribution in [0.15, 0.2) is 12.4 Å². The number of likely N-dealkylation sites (tertiary alicyclic amines) is 2. The summed E-state index contributed by atoms with van der Waals surface area (Å²) >= 11 is 0. The van der Waals surface area contributed by atoms with Gasteiger partial charge in [0.15, 0.2) is 0 Å². The zero-order chi connectivity index (χ0) is 18.6. The number of aromatic nitrogens is 2. The van der Waals surface area contributed by atoms with Gasteiger partial charge in [0.2, 0.25) is 11.8 Å². The summed E-state index contributed by atoms with van der Waals surface area (Å²) in [5.74, 6) is 1.32. The Morgan fingerprint density at radius 3 is 2.92 bits per heavy atom. The summed E-state index contributed by atoms with van der Waals surface area (Å²) in [6.07, 6.45) is 8.47. The molecule has 0 saturated carbocycles. The van der Waals surface area contributed by atoms with E-state index in [1.165, 1.54) is 0 Å². The van der Waals surface area contributed by atoms with Gasteiger partial charge in [0.05, 0.1) is 6.61 Å². The van der Waals surface area contributed by atoms with Gasteiger partial charge in [-0.25, -0.2) is 4.98 Å². The number of imidazole rings is 1. The van der Waals surface area contributed by atoms with E-state index in [2.05, 4.69) is 16.5 Å². The summed E-state index contributed by atoms with van der Waals surface area (Å²) in [5, 5.41) is 9.20. The third kappa shape index (κ3) is 4.09. The number of aryl methyl sites for hydroxylation is 2. The molecule has 1 aromatic rings. The molecule has 7 heteroatoms. The quantitative estimate of drug-likeness (QED) is 0.821. The number of aliphatic hydroxyl groups excluding tert-OH is 1. The number of carbonyl (C=O) groups excluding carboxylic acids is 2. The Hall–Kier alpha value is -1.89. The standard InChI is InChI=1S/C19H30N4O3/c1-2-16-20-8-11-21(16)10-5-18(26)22-9-3-6-19(14-22)7-4-17(25)23(15-19)12-13-24/h8,11,24H,2-7,9-10,12-15H2,1H3/t19-/m1/s1. The van der Waals surface area contributed by atoms with E-state index in [1.807, 2.05) is 11.1 Å². The van der Waals surface area contributed by atoms with Crippen LogP contribution in [0, 0.1) is 5.41 Å². The Bertz CT molecular complexity index is 644. The zero-order valence-electron chi connectivity index (χ0n) is 15.7. The van der Waals surface area contributed by atoms with Gasteiger partial charge in [0.25, 0.3) is 0 Å². The second-order valence-corrected chi connectivity index (χ2v) is 7.60. The van der Waals surface area contributed by atoms with Gasteiger partial charge in [-0.15, -0.1) is 0 Å². The van der Waals surface area contributed by atoms with E-state index in [4.69, 9.17) is 0 Å². The van der Waals surface area contributed by atoms with E-state index >= 15 is 0 Å². The first-order chi connectivity index (χ1) is 12.6. The molecule has 2 saturated heterocycles. The van der Waals surface area contributed by atoms with Crippen molar-refractivity contribution in [3.8, 4) is 0 Å². The lowest BCUT2D eigenvalue weighted by Crippen LogP contribution is -2.55. The van der Waals surface area contributed by atoms with Crippen LogP contribution >= 0.6 is 0 Å². The van der Waals surface area contributed by atoms with Gasteiger partial charge in [-0.3, -0.25) is 9.59 Å². The fourth-order valence-electron chi connectivity index (χ4n) is 4.41. The molecule has 0 radical (unpaired) electrons. The van der Waals surface area contributed by atoms with Crippen molar-refractivity contribution in [2.75, 3.05) is 32.8 Å². The summed E-state index contributed by atoms with van der Waals surface area (Å²) in [5.41, 5.74) is 0.000570. The van der Waals surface area contributed by atoms with E-state index < -0.39 is 0 Å². The van der Waals surface area contributed by atoms with Gasteiger partial charge in [-0.05, 0) is 19.3 Å². The highest BCUT2D eigenvalue weighted by atomic mass is 16.3. The van der Waals surface area contributed by atoms with Crippen LogP contribution < -0.4 is 0 Å². The lowest BCUT2D eigenvalue weighted by Gasteiger charge is -2.48. The molecule has 1 atom stereocenters. The van der Waals surface area contributed by atoms with Gasteiger partial charge in [0.1, 0.15) is 5.82 Å². The number of rotatable bonds is 6. The zero-order valence-corrected chi connectivity index (χ0v) is 15.7. The molecule has 1 N–H and O–H groups in total. The van der Waals surface area contributed by atoms with Crippen LogP contribution in [0.3, 0.4) is 0 Å². The normalized spacial score (nSPS) is 23.7. The van der Waals surface area contributed by atoms with E-state index in [-0.39, 0.29) is 23.8 Å². The number of hydrogen-bond donors (Lipinski definition) is 1. The number of β-amino-alcohol motifs (C(OH)–C–C–N with tert-alkyl or cyclic N) is 1. The molecule has 0 bridgehead atoms. The smallest absolute Gasteiger partial charge is 0.224 e. The van der Waals surface area contributed by atoms with Crippen molar-refractivity contribution in [1.82, 2.24) is 19.4 Å². The van der Waals surface area contributed by atoms with Crippen molar-refractivity contribution in [2.24, 2.45) is 5.41 Å². The van der Waals surface area contributed by atoms with Crippen molar-refractivity contribution in [1.29, 1.82) is 0 Å². The molecule has 0 unspecified atom stereocenters. The highest BCUT2D eigenvalue weighted by Crippen LogP contribution is 2.38. The summed E-state index contributed by atoms with van der Waals surface area (Å²) in [6.45, 7) is 5.32. The first-order valence-corrected chi connectivity index (χ1v) is 9.73. The fourth-order valence-corrected chi connectivity index (χ4v) is 4.41. The largest absolute Gasteiger partial charge is 0.395 e. The lowest BCUT2D eigenvalue weighted by atomic mass is 9.73. The second kappa shape index (κ2) is 8.20. The van der Waals surface area contributed by atoms with E-state index in [0.29, 0.717) is 32.5 Å². The molecule has 0 aromatic carbocycles. The molecule has 2 aliphatic rings. The molecule has 2 amide bonds. The second-order valence-electron chi connectivity index (χ2n) is 7.60. The van der Waals surface area contributed by atoms with E-state index in [0.717, 1.165) is 44.6 Å². The van der Waals surface area contributed by atoms with Crippen LogP contribution in [0.4, 0.5) is 0 Å². The maximum atomic E-state index is 12.8. The molecule has 144 valence electrons. The van der Waals surface area contributed by atoms with Crippen LogP contribution in [0.25, 0.3) is 0 Å².